The first-order valence-electron chi connectivity index (χ1n) is 10.4. The molecule has 5 rings (SSSR count). The van der Waals surface area contributed by atoms with Crippen LogP contribution in [0.15, 0.2) is 17.1 Å². The van der Waals surface area contributed by atoms with E-state index < -0.39 is 0 Å². The number of carbonyl (C=O) groups is 1. The maximum Gasteiger partial charge on any atom is 0.255 e. The molecule has 9 heteroatoms. The second-order valence-electron chi connectivity index (χ2n) is 8.27. The molecule has 0 saturated carbocycles. The lowest BCUT2D eigenvalue weighted by molar-refractivity contribution is -0.132. The maximum atomic E-state index is 12.9. The Morgan fingerprint density at radius 1 is 1.24 bits per heavy atom. The van der Waals surface area contributed by atoms with E-state index in [1.807, 2.05) is 11.0 Å². The van der Waals surface area contributed by atoms with Crippen molar-refractivity contribution in [3.05, 3.63) is 39.6 Å². The minimum atomic E-state index is -0.216. The molecular weight excluding hydrogens is 372 g/mol. The van der Waals surface area contributed by atoms with Crippen LogP contribution in [0.3, 0.4) is 0 Å². The lowest BCUT2D eigenvalue weighted by atomic mass is 9.77. The SMILES string of the molecule is O=C(Cc1ccn[nH]1)N1CCCC2(CCc3c2nc(N2CCOCC2)[nH]c3=O)C1. The third-order valence-corrected chi connectivity index (χ3v) is 6.50. The molecule has 0 bridgehead atoms. The number of fused-ring (bicyclic) bond motifs is 2. The molecule has 154 valence electrons. The minimum absolute atomic E-state index is 0.0331. The number of hydrogen-bond acceptors (Lipinski definition) is 6. The number of hydrogen-bond donors (Lipinski definition) is 2. The first kappa shape index (κ1) is 18.4. The Bertz CT molecular complexity index is 950. The number of nitrogens with zero attached hydrogens (tertiary/aromatic N) is 4. The predicted octanol–water partition coefficient (Wildman–Crippen LogP) is 0.379. The molecule has 1 atom stereocenters. The monoisotopic (exact) mass is 398 g/mol. The summed E-state index contributed by atoms with van der Waals surface area (Å²) in [6.07, 6.45) is 5.48. The molecule has 0 radical (unpaired) electrons. The van der Waals surface area contributed by atoms with E-state index in [1.165, 1.54) is 0 Å². The number of aromatic nitrogens is 4. The molecule has 2 saturated heterocycles. The molecular formula is C20H26N6O3. The summed E-state index contributed by atoms with van der Waals surface area (Å²) in [4.78, 5) is 37.6. The van der Waals surface area contributed by atoms with Crippen LogP contribution in [0.5, 0.6) is 0 Å². The summed E-state index contributed by atoms with van der Waals surface area (Å²) in [5.41, 5.74) is 2.28. The summed E-state index contributed by atoms with van der Waals surface area (Å²) in [7, 11) is 0. The van der Waals surface area contributed by atoms with Crippen molar-refractivity contribution in [2.75, 3.05) is 44.3 Å². The molecule has 1 aliphatic carbocycles. The topological polar surface area (TPSA) is 107 Å². The fraction of sp³-hybridized carbons (Fsp3) is 0.600. The summed E-state index contributed by atoms with van der Waals surface area (Å²) in [6, 6.07) is 1.83. The van der Waals surface area contributed by atoms with Gasteiger partial charge in [0.2, 0.25) is 11.9 Å². The Morgan fingerprint density at radius 3 is 2.90 bits per heavy atom. The molecule has 4 heterocycles. The molecule has 0 aromatic carbocycles. The number of H-pyrrole nitrogens is 2. The molecule has 3 aliphatic rings. The molecule has 2 fully saturated rings. The van der Waals surface area contributed by atoms with Gasteiger partial charge < -0.3 is 14.5 Å². The Morgan fingerprint density at radius 2 is 2.10 bits per heavy atom. The zero-order valence-electron chi connectivity index (χ0n) is 16.4. The van der Waals surface area contributed by atoms with Gasteiger partial charge in [0.15, 0.2) is 0 Å². The van der Waals surface area contributed by atoms with E-state index >= 15 is 0 Å². The second-order valence-corrected chi connectivity index (χ2v) is 8.27. The first-order valence-corrected chi connectivity index (χ1v) is 10.4. The smallest absolute Gasteiger partial charge is 0.255 e. The van der Waals surface area contributed by atoms with E-state index in [1.54, 1.807) is 6.20 Å². The Balaban J connectivity index is 1.42. The lowest BCUT2D eigenvalue weighted by Crippen LogP contribution is -2.49. The highest BCUT2D eigenvalue weighted by Gasteiger charge is 2.45. The molecule has 1 unspecified atom stereocenters. The van der Waals surface area contributed by atoms with Crippen molar-refractivity contribution in [1.82, 2.24) is 25.1 Å². The van der Waals surface area contributed by atoms with Gasteiger partial charge in [-0.25, -0.2) is 4.98 Å². The highest BCUT2D eigenvalue weighted by molar-refractivity contribution is 5.78. The quantitative estimate of drug-likeness (QED) is 0.774. The predicted molar refractivity (Wildman–Crippen MR) is 106 cm³/mol. The average molecular weight is 398 g/mol. The van der Waals surface area contributed by atoms with Crippen LogP contribution < -0.4 is 10.5 Å². The maximum absolute atomic E-state index is 12.9. The molecule has 2 aliphatic heterocycles. The van der Waals surface area contributed by atoms with Crippen LogP contribution in [0.4, 0.5) is 5.95 Å². The van der Waals surface area contributed by atoms with Gasteiger partial charge in [0.25, 0.3) is 5.56 Å². The number of likely N-dealkylation sites (tertiary alicyclic amines) is 1. The van der Waals surface area contributed by atoms with Crippen LogP contribution in [0.2, 0.25) is 0 Å². The van der Waals surface area contributed by atoms with Crippen molar-refractivity contribution in [2.24, 2.45) is 0 Å². The summed E-state index contributed by atoms with van der Waals surface area (Å²) >= 11 is 0. The van der Waals surface area contributed by atoms with Crippen LogP contribution in [0.25, 0.3) is 0 Å². The summed E-state index contributed by atoms with van der Waals surface area (Å²) in [6.45, 7) is 4.12. The average Bonchev–Trinajstić information content (AvgIpc) is 3.38. The van der Waals surface area contributed by atoms with Gasteiger partial charge in [-0.2, -0.15) is 5.10 Å². The fourth-order valence-corrected chi connectivity index (χ4v) is 4.96. The van der Waals surface area contributed by atoms with Crippen LogP contribution >= 0.6 is 0 Å². The summed E-state index contributed by atoms with van der Waals surface area (Å²) in [5.74, 6) is 0.735. The van der Waals surface area contributed by atoms with Gasteiger partial charge in [-0.1, -0.05) is 0 Å². The van der Waals surface area contributed by atoms with Gasteiger partial charge in [0.1, 0.15) is 0 Å². The zero-order valence-corrected chi connectivity index (χ0v) is 16.4. The van der Waals surface area contributed by atoms with E-state index in [0.29, 0.717) is 32.1 Å². The largest absolute Gasteiger partial charge is 0.378 e. The van der Waals surface area contributed by atoms with Gasteiger partial charge in [-0.05, 0) is 31.7 Å². The summed E-state index contributed by atoms with van der Waals surface area (Å²) in [5, 5.41) is 6.79. The van der Waals surface area contributed by atoms with Crippen molar-refractivity contribution < 1.29 is 9.53 Å². The van der Waals surface area contributed by atoms with Crippen LogP contribution in [0.1, 0.15) is 36.2 Å². The van der Waals surface area contributed by atoms with Crippen LogP contribution in [0, 0.1) is 0 Å². The van der Waals surface area contributed by atoms with E-state index in [2.05, 4.69) is 20.1 Å². The number of piperidine rings is 1. The minimum Gasteiger partial charge on any atom is -0.378 e. The van der Waals surface area contributed by atoms with Crippen molar-refractivity contribution >= 4 is 11.9 Å². The van der Waals surface area contributed by atoms with Crippen LogP contribution in [-0.4, -0.2) is 70.4 Å². The van der Waals surface area contributed by atoms with Gasteiger partial charge in [0, 0.05) is 49.0 Å². The molecule has 2 aromatic rings. The molecule has 9 nitrogen and oxygen atoms in total. The molecule has 2 N–H and O–H groups in total. The molecule has 1 amide bonds. The van der Waals surface area contributed by atoms with Gasteiger partial charge in [-0.15, -0.1) is 0 Å². The standard InChI is InChI=1S/C20H26N6O3/c27-16(12-14-3-6-21-24-14)26-7-1-4-20(13-26)5-2-15-17(20)22-19(23-18(15)28)25-8-10-29-11-9-25/h3,6H,1-2,4-5,7-13H2,(H,21,24)(H,22,23,28). The summed E-state index contributed by atoms with van der Waals surface area (Å²) < 4.78 is 5.42. The molecule has 29 heavy (non-hydrogen) atoms. The van der Waals surface area contributed by atoms with E-state index in [-0.39, 0.29) is 16.9 Å². The zero-order chi connectivity index (χ0) is 19.8. The van der Waals surface area contributed by atoms with Crippen molar-refractivity contribution in [2.45, 2.75) is 37.5 Å². The highest BCUT2D eigenvalue weighted by Crippen LogP contribution is 2.43. The first-order chi connectivity index (χ1) is 14.1. The van der Waals surface area contributed by atoms with E-state index in [0.717, 1.165) is 62.3 Å². The number of ether oxygens (including phenoxy) is 1. The van der Waals surface area contributed by atoms with Crippen molar-refractivity contribution in [3.8, 4) is 0 Å². The number of morpholine rings is 1. The molecule has 2 aromatic heterocycles. The highest BCUT2D eigenvalue weighted by atomic mass is 16.5. The van der Waals surface area contributed by atoms with Crippen molar-refractivity contribution in [1.29, 1.82) is 0 Å². The van der Waals surface area contributed by atoms with Gasteiger partial charge >= 0.3 is 0 Å². The third-order valence-electron chi connectivity index (χ3n) is 6.50. The van der Waals surface area contributed by atoms with Gasteiger partial charge in [-0.3, -0.25) is 19.7 Å². The van der Waals surface area contributed by atoms with Gasteiger partial charge in [0.05, 0.1) is 25.3 Å². The third kappa shape index (κ3) is 3.33. The lowest BCUT2D eigenvalue weighted by Gasteiger charge is -2.40. The number of aromatic amines is 2. The second kappa shape index (κ2) is 7.29. The Hall–Kier alpha value is -2.68. The number of amides is 1. The van der Waals surface area contributed by atoms with Crippen molar-refractivity contribution in [3.63, 3.8) is 0 Å². The molecule has 1 spiro atoms. The number of nitrogens with one attached hydrogen (secondary N) is 2. The van der Waals surface area contributed by atoms with E-state index in [9.17, 15) is 9.59 Å². The van der Waals surface area contributed by atoms with E-state index in [4.69, 9.17) is 9.72 Å². The normalized spacial score (nSPS) is 24.1. The number of anilines is 1. The van der Waals surface area contributed by atoms with Crippen LogP contribution in [-0.2, 0) is 27.8 Å². The Kier molecular flexibility index (Phi) is 4.61. The Labute approximate surface area is 168 Å². The number of rotatable bonds is 3. The number of carbonyl (C=O) groups excluding carboxylic acids is 1. The fourth-order valence-electron chi connectivity index (χ4n) is 4.96.